The van der Waals surface area contributed by atoms with Crippen molar-refractivity contribution in [2.75, 3.05) is 51.3 Å². The van der Waals surface area contributed by atoms with Gasteiger partial charge in [-0.15, -0.1) is 12.4 Å². The van der Waals surface area contributed by atoms with E-state index in [4.69, 9.17) is 4.74 Å². The zero-order chi connectivity index (χ0) is 22.6. The summed E-state index contributed by atoms with van der Waals surface area (Å²) in [7, 11) is 1.61. The fourth-order valence-corrected chi connectivity index (χ4v) is 4.49. The number of likely N-dealkylation sites (tertiary alicyclic amines) is 1. The van der Waals surface area contributed by atoms with Gasteiger partial charge >= 0.3 is 6.18 Å². The lowest BCUT2D eigenvalue weighted by Gasteiger charge is -2.38. The molecule has 0 amide bonds. The van der Waals surface area contributed by atoms with E-state index in [1.807, 2.05) is 0 Å². The molecule has 2 saturated heterocycles. The van der Waals surface area contributed by atoms with Gasteiger partial charge in [-0.05, 0) is 44.0 Å². The number of methoxy groups -OCH3 is 1. The Balaban J connectivity index is 0.00000306. The second-order valence-electron chi connectivity index (χ2n) is 8.33. The summed E-state index contributed by atoms with van der Waals surface area (Å²) in [6.07, 6.45) is 1.86. The number of ether oxygens (including phenoxy) is 1. The Bertz CT molecular complexity index is 877. The minimum atomic E-state index is -4.39. The maximum Gasteiger partial charge on any atom is 0.433 e. The highest BCUT2D eigenvalue weighted by Crippen LogP contribution is 2.27. The van der Waals surface area contributed by atoms with E-state index in [2.05, 4.69) is 29.7 Å². The van der Waals surface area contributed by atoms with Gasteiger partial charge in [-0.25, -0.2) is 4.98 Å². The first kappa shape index (κ1) is 25.5. The number of halogens is 4. The normalized spacial score (nSPS) is 19.1. The summed E-state index contributed by atoms with van der Waals surface area (Å²) in [5.41, 5.74) is -0.0188. The molecule has 4 heterocycles. The van der Waals surface area contributed by atoms with Crippen LogP contribution in [0.4, 0.5) is 19.1 Å². The van der Waals surface area contributed by atoms with Crippen molar-refractivity contribution >= 4 is 18.4 Å². The maximum absolute atomic E-state index is 12.7. The predicted octanol–water partition coefficient (Wildman–Crippen LogP) is 3.50. The molecule has 0 bridgehead atoms. The Morgan fingerprint density at radius 1 is 1.00 bits per heavy atom. The maximum atomic E-state index is 12.7. The Morgan fingerprint density at radius 2 is 1.79 bits per heavy atom. The van der Waals surface area contributed by atoms with Gasteiger partial charge in [-0.3, -0.25) is 14.8 Å². The molecule has 0 N–H and O–H groups in total. The number of nitrogens with zero attached hydrogens (tertiary/aromatic N) is 6. The number of pyridine rings is 1. The molecule has 2 aromatic heterocycles. The zero-order valence-electron chi connectivity index (χ0n) is 18.7. The van der Waals surface area contributed by atoms with E-state index in [0.717, 1.165) is 70.2 Å². The third kappa shape index (κ3) is 6.68. The van der Waals surface area contributed by atoms with E-state index >= 15 is 0 Å². The molecule has 0 saturated carbocycles. The average molecular weight is 487 g/mol. The molecular formula is C22H30ClF3N6O. The van der Waals surface area contributed by atoms with Gasteiger partial charge in [0.05, 0.1) is 7.11 Å². The first-order valence-electron chi connectivity index (χ1n) is 11.0. The van der Waals surface area contributed by atoms with Gasteiger partial charge in [0.15, 0.2) is 0 Å². The predicted molar refractivity (Wildman–Crippen MR) is 122 cm³/mol. The highest BCUT2D eigenvalue weighted by Gasteiger charge is 2.32. The van der Waals surface area contributed by atoms with Gasteiger partial charge in [-0.1, -0.05) is 6.07 Å². The number of rotatable bonds is 5. The van der Waals surface area contributed by atoms with Crippen LogP contribution in [-0.4, -0.2) is 77.2 Å². The molecule has 0 radical (unpaired) electrons. The molecule has 33 heavy (non-hydrogen) atoms. The van der Waals surface area contributed by atoms with E-state index in [1.54, 1.807) is 19.4 Å². The van der Waals surface area contributed by atoms with E-state index < -0.39 is 11.9 Å². The number of alkyl halides is 3. The molecular weight excluding hydrogens is 457 g/mol. The Morgan fingerprint density at radius 3 is 2.45 bits per heavy atom. The number of piperidine rings is 1. The standard InChI is InChI=1S/C22H29F3N6O.ClH/c1-32-20-5-8-26-21(28-20)31-10-2-9-30(13-14-31)18-6-11-29(12-7-18)16-17-3-4-19(27-15-17)22(23,24)25;/h3-5,8,15,18H,2,6-7,9-14,16H2,1H3;1H. The molecule has 0 aliphatic carbocycles. The summed E-state index contributed by atoms with van der Waals surface area (Å²) in [5.74, 6) is 1.29. The van der Waals surface area contributed by atoms with E-state index in [9.17, 15) is 13.2 Å². The van der Waals surface area contributed by atoms with Gasteiger partial charge in [0.2, 0.25) is 11.8 Å². The topological polar surface area (TPSA) is 57.6 Å². The lowest BCUT2D eigenvalue weighted by atomic mass is 10.0. The molecule has 182 valence electrons. The van der Waals surface area contributed by atoms with Gasteiger partial charge in [-0.2, -0.15) is 18.2 Å². The molecule has 7 nitrogen and oxygen atoms in total. The van der Waals surface area contributed by atoms with Crippen LogP contribution in [0.25, 0.3) is 0 Å². The molecule has 0 unspecified atom stereocenters. The van der Waals surface area contributed by atoms with Crippen LogP contribution in [0, 0.1) is 0 Å². The van der Waals surface area contributed by atoms with Crippen LogP contribution >= 0.6 is 12.4 Å². The fourth-order valence-electron chi connectivity index (χ4n) is 4.49. The number of hydrogen-bond donors (Lipinski definition) is 0. The molecule has 0 aromatic carbocycles. The van der Waals surface area contributed by atoms with Crippen molar-refractivity contribution in [3.63, 3.8) is 0 Å². The van der Waals surface area contributed by atoms with Crippen molar-refractivity contribution in [1.29, 1.82) is 0 Å². The highest BCUT2D eigenvalue weighted by molar-refractivity contribution is 5.85. The van der Waals surface area contributed by atoms with Gasteiger partial charge in [0.1, 0.15) is 5.69 Å². The second-order valence-corrected chi connectivity index (χ2v) is 8.33. The van der Waals surface area contributed by atoms with Crippen LogP contribution in [0.3, 0.4) is 0 Å². The average Bonchev–Trinajstić information content (AvgIpc) is 3.06. The zero-order valence-corrected chi connectivity index (χ0v) is 19.5. The number of hydrogen-bond acceptors (Lipinski definition) is 7. The molecule has 4 rings (SSSR count). The van der Waals surface area contributed by atoms with Crippen LogP contribution in [0.15, 0.2) is 30.6 Å². The third-order valence-corrected chi connectivity index (χ3v) is 6.23. The SMILES string of the molecule is COc1ccnc(N2CCCN(C3CCN(Cc4ccc(C(F)(F)F)nc4)CC3)CC2)n1.Cl. The molecule has 2 fully saturated rings. The van der Waals surface area contributed by atoms with E-state index in [1.165, 1.54) is 12.3 Å². The van der Waals surface area contributed by atoms with Crippen molar-refractivity contribution in [2.45, 2.75) is 38.0 Å². The van der Waals surface area contributed by atoms with Crippen molar-refractivity contribution in [2.24, 2.45) is 0 Å². The second kappa shape index (κ2) is 11.3. The van der Waals surface area contributed by atoms with Crippen LogP contribution in [0.1, 0.15) is 30.5 Å². The summed E-state index contributed by atoms with van der Waals surface area (Å²) in [4.78, 5) is 19.5. The smallest absolute Gasteiger partial charge is 0.433 e. The molecule has 2 aliphatic rings. The van der Waals surface area contributed by atoms with Crippen LogP contribution in [-0.2, 0) is 12.7 Å². The fraction of sp³-hybridized carbons (Fsp3) is 0.591. The monoisotopic (exact) mass is 486 g/mol. The Kier molecular flexibility index (Phi) is 8.72. The van der Waals surface area contributed by atoms with Crippen LogP contribution < -0.4 is 9.64 Å². The first-order chi connectivity index (χ1) is 15.4. The Hall–Kier alpha value is -2.17. The quantitative estimate of drug-likeness (QED) is 0.641. The molecule has 2 aliphatic heterocycles. The Labute approximate surface area is 198 Å². The number of aromatic nitrogens is 3. The van der Waals surface area contributed by atoms with Crippen LogP contribution in [0.2, 0.25) is 0 Å². The van der Waals surface area contributed by atoms with Crippen molar-refractivity contribution in [3.8, 4) is 5.88 Å². The molecule has 0 atom stereocenters. The molecule has 0 spiro atoms. The van der Waals surface area contributed by atoms with Crippen molar-refractivity contribution in [1.82, 2.24) is 24.8 Å². The summed E-state index contributed by atoms with van der Waals surface area (Å²) >= 11 is 0. The number of anilines is 1. The summed E-state index contributed by atoms with van der Waals surface area (Å²) < 4.78 is 43.3. The summed E-state index contributed by atoms with van der Waals surface area (Å²) in [6, 6.07) is 4.88. The minimum Gasteiger partial charge on any atom is -0.481 e. The summed E-state index contributed by atoms with van der Waals surface area (Å²) in [5, 5.41) is 0. The van der Waals surface area contributed by atoms with Gasteiger partial charge in [0.25, 0.3) is 0 Å². The van der Waals surface area contributed by atoms with Gasteiger partial charge in [0, 0.05) is 57.2 Å². The van der Waals surface area contributed by atoms with Crippen molar-refractivity contribution in [3.05, 3.63) is 41.9 Å². The lowest BCUT2D eigenvalue weighted by molar-refractivity contribution is -0.141. The lowest BCUT2D eigenvalue weighted by Crippen LogP contribution is -2.46. The first-order valence-corrected chi connectivity index (χ1v) is 11.0. The third-order valence-electron chi connectivity index (χ3n) is 6.23. The minimum absolute atomic E-state index is 0. The molecule has 11 heteroatoms. The van der Waals surface area contributed by atoms with Gasteiger partial charge < -0.3 is 9.64 Å². The largest absolute Gasteiger partial charge is 0.481 e. The van der Waals surface area contributed by atoms with E-state index in [0.29, 0.717) is 24.4 Å². The molecule has 2 aromatic rings. The van der Waals surface area contributed by atoms with Crippen molar-refractivity contribution < 1.29 is 17.9 Å². The summed E-state index contributed by atoms with van der Waals surface area (Å²) in [6.45, 7) is 6.32. The highest BCUT2D eigenvalue weighted by atomic mass is 35.5. The van der Waals surface area contributed by atoms with E-state index in [-0.39, 0.29) is 12.4 Å². The van der Waals surface area contributed by atoms with Crippen LogP contribution in [0.5, 0.6) is 5.88 Å².